The Hall–Kier alpha value is -2.30. The molecule has 1 heterocycles. The van der Waals surface area contributed by atoms with Gasteiger partial charge in [0.1, 0.15) is 0 Å². The first kappa shape index (κ1) is 17.1. The van der Waals surface area contributed by atoms with Crippen molar-refractivity contribution in [2.45, 2.75) is 18.4 Å². The van der Waals surface area contributed by atoms with Crippen LogP contribution in [-0.4, -0.2) is 24.2 Å². The molecule has 26 heavy (non-hydrogen) atoms. The molecule has 0 bridgehead atoms. The van der Waals surface area contributed by atoms with E-state index in [9.17, 15) is 4.79 Å². The number of allylic oxidation sites excluding steroid dienone is 2. The van der Waals surface area contributed by atoms with E-state index in [2.05, 4.69) is 34.9 Å². The Morgan fingerprint density at radius 2 is 2.04 bits per heavy atom. The third-order valence-electron chi connectivity index (χ3n) is 5.25. The van der Waals surface area contributed by atoms with Crippen LogP contribution < -0.4 is 10.6 Å². The summed E-state index contributed by atoms with van der Waals surface area (Å²) in [4.78, 5) is 12.2. The monoisotopic (exact) mass is 368 g/mol. The van der Waals surface area contributed by atoms with E-state index in [4.69, 9.17) is 16.7 Å². The van der Waals surface area contributed by atoms with Crippen molar-refractivity contribution >= 4 is 23.2 Å². The molecule has 0 fully saturated rings. The predicted molar refractivity (Wildman–Crippen MR) is 104 cm³/mol. The van der Waals surface area contributed by atoms with Crippen LogP contribution in [0.25, 0.3) is 0 Å². The Kier molecular flexibility index (Phi) is 4.70. The van der Waals surface area contributed by atoms with Gasteiger partial charge in [0.2, 0.25) is 0 Å². The molecule has 2 aliphatic rings. The lowest BCUT2D eigenvalue weighted by Gasteiger charge is -2.37. The molecule has 0 aromatic heterocycles. The van der Waals surface area contributed by atoms with Crippen molar-refractivity contribution in [3.63, 3.8) is 0 Å². The van der Waals surface area contributed by atoms with Crippen molar-refractivity contribution in [3.05, 3.63) is 76.3 Å². The number of aliphatic hydroxyl groups is 1. The summed E-state index contributed by atoms with van der Waals surface area (Å²) in [6, 6.07) is 14.0. The van der Waals surface area contributed by atoms with Gasteiger partial charge in [-0.25, -0.2) is 0 Å². The van der Waals surface area contributed by atoms with Gasteiger partial charge in [0.25, 0.3) is 5.91 Å². The lowest BCUT2D eigenvalue weighted by atomic mass is 9.76. The molecule has 0 radical (unpaired) electrons. The highest BCUT2D eigenvalue weighted by Gasteiger charge is 2.38. The summed E-state index contributed by atoms with van der Waals surface area (Å²) in [6.45, 7) is 0.202. The zero-order valence-corrected chi connectivity index (χ0v) is 15.0. The van der Waals surface area contributed by atoms with Gasteiger partial charge in [0, 0.05) is 28.7 Å². The second-order valence-corrected chi connectivity index (χ2v) is 7.25. The van der Waals surface area contributed by atoms with Crippen LogP contribution in [0.1, 0.15) is 39.9 Å². The van der Waals surface area contributed by atoms with E-state index >= 15 is 0 Å². The first-order chi connectivity index (χ1) is 12.7. The number of fused-ring (bicyclic) bond motifs is 3. The van der Waals surface area contributed by atoms with Crippen molar-refractivity contribution in [2.24, 2.45) is 5.92 Å². The Bertz CT molecular complexity index is 848. The number of carbonyl (C=O) groups is 1. The van der Waals surface area contributed by atoms with Crippen molar-refractivity contribution < 1.29 is 9.90 Å². The molecule has 5 heteroatoms. The van der Waals surface area contributed by atoms with Crippen LogP contribution in [-0.2, 0) is 0 Å². The topological polar surface area (TPSA) is 61.4 Å². The van der Waals surface area contributed by atoms with Gasteiger partial charge in [-0.2, -0.15) is 0 Å². The van der Waals surface area contributed by atoms with E-state index in [1.165, 1.54) is 5.56 Å². The number of halogens is 1. The summed E-state index contributed by atoms with van der Waals surface area (Å²) in [6.07, 6.45) is 5.49. The summed E-state index contributed by atoms with van der Waals surface area (Å²) in [7, 11) is 0. The number of anilines is 1. The van der Waals surface area contributed by atoms with Crippen LogP contribution in [0.5, 0.6) is 0 Å². The molecule has 1 aliphatic heterocycles. The molecule has 3 atom stereocenters. The van der Waals surface area contributed by atoms with Crippen LogP contribution in [0.2, 0.25) is 5.02 Å². The van der Waals surface area contributed by atoms with Gasteiger partial charge in [-0.05, 0) is 53.8 Å². The fourth-order valence-electron chi connectivity index (χ4n) is 4.01. The maximum atomic E-state index is 12.2. The Labute approximate surface area is 157 Å². The second-order valence-electron chi connectivity index (χ2n) is 6.81. The Balaban J connectivity index is 1.66. The first-order valence-corrected chi connectivity index (χ1v) is 9.27. The summed E-state index contributed by atoms with van der Waals surface area (Å²) in [5.41, 5.74) is 4.08. The van der Waals surface area contributed by atoms with Crippen LogP contribution in [0.15, 0.2) is 54.6 Å². The van der Waals surface area contributed by atoms with Gasteiger partial charge in [-0.1, -0.05) is 35.9 Å². The first-order valence-electron chi connectivity index (χ1n) is 8.89. The molecule has 1 amide bonds. The molecule has 0 saturated carbocycles. The zero-order valence-electron chi connectivity index (χ0n) is 14.3. The van der Waals surface area contributed by atoms with Gasteiger partial charge in [-0.15, -0.1) is 0 Å². The number of hydrogen-bond acceptors (Lipinski definition) is 3. The fourth-order valence-corrected chi connectivity index (χ4v) is 4.13. The highest BCUT2D eigenvalue weighted by atomic mass is 35.5. The number of hydrogen-bond donors (Lipinski definition) is 3. The Morgan fingerprint density at radius 3 is 2.81 bits per heavy atom. The van der Waals surface area contributed by atoms with Gasteiger partial charge in [0.05, 0.1) is 12.6 Å². The third kappa shape index (κ3) is 3.11. The maximum Gasteiger partial charge on any atom is 0.251 e. The van der Waals surface area contributed by atoms with E-state index in [-0.39, 0.29) is 31.0 Å². The predicted octanol–water partition coefficient (Wildman–Crippen LogP) is 3.89. The lowest BCUT2D eigenvalue weighted by Crippen LogP contribution is -2.30. The van der Waals surface area contributed by atoms with Crippen LogP contribution in [0.4, 0.5) is 5.69 Å². The molecule has 3 N–H and O–H groups in total. The van der Waals surface area contributed by atoms with E-state index < -0.39 is 0 Å². The van der Waals surface area contributed by atoms with Crippen LogP contribution in [0.3, 0.4) is 0 Å². The molecule has 1 aliphatic carbocycles. The standard InChI is InChI=1S/C21H21ClN2O2/c22-15-7-4-13(5-8-15)20-17-3-1-2-16(17)18-12-14(6-9-19(18)24-20)21(26)23-10-11-25/h1-2,4-9,12,16-17,20,24-25H,3,10-11H2,(H,23,26)/t16-,17-,20-/m1/s1. The van der Waals surface area contributed by atoms with Crippen LogP contribution in [0, 0.1) is 5.92 Å². The highest BCUT2D eigenvalue weighted by molar-refractivity contribution is 6.30. The molecule has 2 aromatic carbocycles. The minimum Gasteiger partial charge on any atom is -0.395 e. The third-order valence-corrected chi connectivity index (χ3v) is 5.50. The average Bonchev–Trinajstić information content (AvgIpc) is 3.16. The summed E-state index contributed by atoms with van der Waals surface area (Å²) < 4.78 is 0. The smallest absolute Gasteiger partial charge is 0.251 e. The minimum absolute atomic E-state index is 0.0611. The molecule has 4 nitrogen and oxygen atoms in total. The molecule has 0 saturated heterocycles. The normalized spacial score (nSPS) is 23.1. The van der Waals surface area contributed by atoms with E-state index in [0.29, 0.717) is 11.5 Å². The SMILES string of the molecule is O=C(NCCO)c1ccc2c(c1)[C@@H]1C=CC[C@H]1[C@@H](c1ccc(Cl)cc1)N2. The lowest BCUT2D eigenvalue weighted by molar-refractivity contribution is 0.0944. The van der Waals surface area contributed by atoms with Gasteiger partial charge < -0.3 is 15.7 Å². The fraction of sp³-hybridized carbons (Fsp3) is 0.286. The molecule has 2 aromatic rings. The number of rotatable bonds is 4. The van der Waals surface area contributed by atoms with Crippen molar-refractivity contribution in [1.82, 2.24) is 5.32 Å². The molecule has 134 valence electrons. The number of benzene rings is 2. The number of aliphatic hydroxyl groups excluding tert-OH is 1. The quantitative estimate of drug-likeness (QED) is 0.717. The minimum atomic E-state index is -0.153. The highest BCUT2D eigenvalue weighted by Crippen LogP contribution is 2.49. The second kappa shape index (κ2) is 7.14. The molecule has 4 rings (SSSR count). The van der Waals surface area contributed by atoms with Crippen molar-refractivity contribution in [3.8, 4) is 0 Å². The Morgan fingerprint density at radius 1 is 1.23 bits per heavy atom. The molecular formula is C21H21ClN2O2. The largest absolute Gasteiger partial charge is 0.395 e. The van der Waals surface area contributed by atoms with E-state index in [1.807, 2.05) is 30.3 Å². The average molecular weight is 369 g/mol. The maximum absolute atomic E-state index is 12.2. The molecular weight excluding hydrogens is 348 g/mol. The summed E-state index contributed by atoms with van der Waals surface area (Å²) >= 11 is 6.04. The summed E-state index contributed by atoms with van der Waals surface area (Å²) in [5.74, 6) is 0.553. The number of nitrogens with one attached hydrogen (secondary N) is 2. The van der Waals surface area contributed by atoms with Crippen molar-refractivity contribution in [2.75, 3.05) is 18.5 Å². The van der Waals surface area contributed by atoms with E-state index in [0.717, 1.165) is 22.7 Å². The van der Waals surface area contributed by atoms with E-state index in [1.54, 1.807) is 0 Å². The molecule has 0 unspecified atom stereocenters. The zero-order chi connectivity index (χ0) is 18.1. The number of carbonyl (C=O) groups excluding carboxylic acids is 1. The number of amides is 1. The van der Waals surface area contributed by atoms with Gasteiger partial charge in [0.15, 0.2) is 0 Å². The summed E-state index contributed by atoms with van der Waals surface area (Å²) in [5, 5.41) is 16.0. The van der Waals surface area contributed by atoms with Crippen molar-refractivity contribution in [1.29, 1.82) is 0 Å². The van der Waals surface area contributed by atoms with Gasteiger partial charge in [-0.3, -0.25) is 4.79 Å². The van der Waals surface area contributed by atoms with Crippen LogP contribution >= 0.6 is 11.6 Å². The molecule has 0 spiro atoms. The van der Waals surface area contributed by atoms with Gasteiger partial charge >= 0.3 is 0 Å².